The first-order valence-electron chi connectivity index (χ1n) is 15.5. The van der Waals surface area contributed by atoms with Gasteiger partial charge in [-0.25, -0.2) is 0 Å². The van der Waals surface area contributed by atoms with E-state index >= 15 is 0 Å². The topological polar surface area (TPSA) is 93.1 Å². The maximum atomic E-state index is 12.8. The van der Waals surface area contributed by atoms with Gasteiger partial charge in [0.15, 0.2) is 0 Å². The lowest BCUT2D eigenvalue weighted by molar-refractivity contribution is -0.185. The highest BCUT2D eigenvalue weighted by Crippen LogP contribution is 2.68. The molecule has 0 heterocycles. The summed E-state index contributed by atoms with van der Waals surface area (Å²) >= 11 is 0. The average Bonchev–Trinajstić information content (AvgIpc) is 3.25. The molecular weight excluding hydrogens is 480 g/mol. The Balaban J connectivity index is 1.42. The van der Waals surface area contributed by atoms with Crippen molar-refractivity contribution in [2.24, 2.45) is 51.8 Å². The SMILES string of the molecule is CCC(C)(C)C(=O)OC1CCC2(C)C(CCC3C2CC(O)C2(C)C(C(C)CCC(=O)OCCO)CCC32)C1. The highest BCUT2D eigenvalue weighted by atomic mass is 16.5. The number of aliphatic hydroxyl groups excluding tert-OH is 2. The van der Waals surface area contributed by atoms with Crippen molar-refractivity contribution >= 4 is 11.9 Å². The van der Waals surface area contributed by atoms with E-state index in [0.29, 0.717) is 41.9 Å². The minimum Gasteiger partial charge on any atom is -0.463 e. The van der Waals surface area contributed by atoms with Crippen molar-refractivity contribution in [1.29, 1.82) is 0 Å². The molecule has 0 aromatic rings. The summed E-state index contributed by atoms with van der Waals surface area (Å²) in [4.78, 5) is 24.8. The van der Waals surface area contributed by atoms with Crippen molar-refractivity contribution < 1.29 is 29.3 Å². The molecule has 10 atom stereocenters. The van der Waals surface area contributed by atoms with Crippen molar-refractivity contribution in [1.82, 2.24) is 0 Å². The molecule has 0 aliphatic heterocycles. The molecule has 0 spiro atoms. The van der Waals surface area contributed by atoms with Crippen LogP contribution in [0, 0.1) is 51.8 Å². The Bertz CT molecular complexity index is 855. The van der Waals surface area contributed by atoms with Crippen LogP contribution >= 0.6 is 0 Å². The molecule has 4 fully saturated rings. The van der Waals surface area contributed by atoms with Gasteiger partial charge in [0, 0.05) is 6.42 Å². The summed E-state index contributed by atoms with van der Waals surface area (Å²) in [5.41, 5.74) is -0.321. The molecule has 218 valence electrons. The highest BCUT2D eigenvalue weighted by Gasteiger charge is 2.63. The Kier molecular flexibility index (Phi) is 8.94. The fraction of sp³-hybridized carbons (Fsp3) is 0.938. The number of carbonyl (C=O) groups excluding carboxylic acids is 2. The number of esters is 2. The predicted octanol–water partition coefficient (Wildman–Crippen LogP) is 5.92. The zero-order chi connectivity index (χ0) is 27.9. The van der Waals surface area contributed by atoms with Crippen LogP contribution in [0.15, 0.2) is 0 Å². The third-order valence-electron chi connectivity index (χ3n) is 12.4. The van der Waals surface area contributed by atoms with E-state index in [-0.39, 0.29) is 48.2 Å². The second-order valence-corrected chi connectivity index (χ2v) is 14.5. The Hall–Kier alpha value is -1.14. The molecule has 0 bridgehead atoms. The molecule has 0 amide bonds. The fourth-order valence-corrected chi connectivity index (χ4v) is 9.48. The van der Waals surface area contributed by atoms with Gasteiger partial charge in [-0.1, -0.05) is 27.7 Å². The van der Waals surface area contributed by atoms with Gasteiger partial charge in [0.25, 0.3) is 0 Å². The molecule has 0 aromatic heterocycles. The van der Waals surface area contributed by atoms with Crippen molar-refractivity contribution in [3.05, 3.63) is 0 Å². The van der Waals surface area contributed by atoms with Gasteiger partial charge >= 0.3 is 11.9 Å². The van der Waals surface area contributed by atoms with Crippen molar-refractivity contribution in [3.63, 3.8) is 0 Å². The second kappa shape index (κ2) is 11.4. The summed E-state index contributed by atoms with van der Waals surface area (Å²) < 4.78 is 11.1. The lowest BCUT2D eigenvalue weighted by Crippen LogP contribution is -2.59. The van der Waals surface area contributed by atoms with Crippen LogP contribution < -0.4 is 0 Å². The van der Waals surface area contributed by atoms with Gasteiger partial charge in [0.1, 0.15) is 12.7 Å². The first-order chi connectivity index (χ1) is 17.9. The summed E-state index contributed by atoms with van der Waals surface area (Å²) in [6.07, 6.45) is 10.2. The Morgan fingerprint density at radius 2 is 1.79 bits per heavy atom. The molecule has 38 heavy (non-hydrogen) atoms. The van der Waals surface area contributed by atoms with Crippen LogP contribution in [0.25, 0.3) is 0 Å². The van der Waals surface area contributed by atoms with E-state index in [2.05, 4.69) is 20.8 Å². The van der Waals surface area contributed by atoms with E-state index < -0.39 is 5.41 Å². The first kappa shape index (κ1) is 29.8. The average molecular weight is 535 g/mol. The van der Waals surface area contributed by atoms with Crippen LogP contribution in [0.4, 0.5) is 0 Å². The number of ether oxygens (including phenoxy) is 2. The molecule has 4 aliphatic carbocycles. The number of rotatable bonds is 9. The molecule has 4 saturated carbocycles. The maximum absolute atomic E-state index is 12.8. The second-order valence-electron chi connectivity index (χ2n) is 14.5. The summed E-state index contributed by atoms with van der Waals surface area (Å²) in [7, 11) is 0. The summed E-state index contributed by atoms with van der Waals surface area (Å²) in [6, 6.07) is 0. The largest absolute Gasteiger partial charge is 0.463 e. The molecule has 6 nitrogen and oxygen atoms in total. The Morgan fingerprint density at radius 3 is 2.47 bits per heavy atom. The van der Waals surface area contributed by atoms with Crippen LogP contribution in [-0.2, 0) is 19.1 Å². The van der Waals surface area contributed by atoms with Crippen molar-refractivity contribution in [2.45, 2.75) is 124 Å². The van der Waals surface area contributed by atoms with Gasteiger partial charge in [-0.3, -0.25) is 9.59 Å². The Labute approximate surface area is 230 Å². The summed E-state index contributed by atoms with van der Waals surface area (Å²) in [6.45, 7) is 13.0. The quantitative estimate of drug-likeness (QED) is 0.357. The van der Waals surface area contributed by atoms with Gasteiger partial charge in [0.2, 0.25) is 0 Å². The van der Waals surface area contributed by atoms with E-state index in [1.54, 1.807) is 0 Å². The van der Waals surface area contributed by atoms with Crippen molar-refractivity contribution in [2.75, 3.05) is 13.2 Å². The van der Waals surface area contributed by atoms with E-state index in [0.717, 1.165) is 44.9 Å². The van der Waals surface area contributed by atoms with Crippen LogP contribution in [0.1, 0.15) is 112 Å². The zero-order valence-electron chi connectivity index (χ0n) is 24.8. The van der Waals surface area contributed by atoms with Gasteiger partial charge in [-0.05, 0) is 124 Å². The van der Waals surface area contributed by atoms with E-state index in [4.69, 9.17) is 14.6 Å². The minimum atomic E-state index is -0.424. The molecule has 6 heteroatoms. The number of carbonyl (C=O) groups is 2. The molecule has 0 aromatic carbocycles. The maximum Gasteiger partial charge on any atom is 0.311 e. The van der Waals surface area contributed by atoms with Gasteiger partial charge < -0.3 is 19.7 Å². The molecule has 2 N–H and O–H groups in total. The Morgan fingerprint density at radius 1 is 1.05 bits per heavy atom. The molecule has 10 unspecified atom stereocenters. The fourth-order valence-electron chi connectivity index (χ4n) is 9.48. The summed E-state index contributed by atoms with van der Waals surface area (Å²) in [5, 5.41) is 20.7. The van der Waals surface area contributed by atoms with Crippen LogP contribution in [0.2, 0.25) is 0 Å². The smallest absolute Gasteiger partial charge is 0.311 e. The zero-order valence-corrected chi connectivity index (χ0v) is 24.8. The lowest BCUT2D eigenvalue weighted by Gasteiger charge is -2.62. The predicted molar refractivity (Wildman–Crippen MR) is 147 cm³/mol. The standard InChI is InChI=1S/C32H54O6/c1-7-30(3,4)29(36)38-22-14-15-31(5)21(18-22)9-10-23-25-12-11-24(32(25,6)27(34)19-26(23)31)20(2)8-13-28(35)37-17-16-33/h20-27,33-34H,7-19H2,1-6H3. The number of aliphatic hydroxyl groups is 2. The third kappa shape index (κ3) is 5.30. The highest BCUT2D eigenvalue weighted by molar-refractivity contribution is 5.76. The van der Waals surface area contributed by atoms with Crippen LogP contribution in [0.5, 0.6) is 0 Å². The monoisotopic (exact) mass is 534 g/mol. The van der Waals surface area contributed by atoms with Gasteiger partial charge in [-0.15, -0.1) is 0 Å². The van der Waals surface area contributed by atoms with Gasteiger partial charge in [-0.2, -0.15) is 0 Å². The molecule has 0 radical (unpaired) electrons. The normalized spacial score (nSPS) is 41.4. The number of fused-ring (bicyclic) bond motifs is 5. The minimum absolute atomic E-state index is 0.0301. The summed E-state index contributed by atoms with van der Waals surface area (Å²) in [5.74, 6) is 2.73. The first-order valence-corrected chi connectivity index (χ1v) is 15.5. The van der Waals surface area contributed by atoms with Crippen molar-refractivity contribution in [3.8, 4) is 0 Å². The van der Waals surface area contributed by atoms with Crippen LogP contribution in [0.3, 0.4) is 0 Å². The molecular formula is C32H54O6. The number of hydrogen-bond acceptors (Lipinski definition) is 6. The third-order valence-corrected chi connectivity index (χ3v) is 12.4. The van der Waals surface area contributed by atoms with E-state index in [9.17, 15) is 14.7 Å². The molecule has 4 aliphatic rings. The lowest BCUT2D eigenvalue weighted by atomic mass is 9.43. The van der Waals surface area contributed by atoms with E-state index in [1.807, 2.05) is 20.8 Å². The molecule has 0 saturated heterocycles. The number of hydrogen-bond donors (Lipinski definition) is 2. The van der Waals surface area contributed by atoms with Crippen LogP contribution in [-0.4, -0.2) is 47.6 Å². The van der Waals surface area contributed by atoms with E-state index in [1.165, 1.54) is 19.3 Å². The van der Waals surface area contributed by atoms with Gasteiger partial charge in [0.05, 0.1) is 18.1 Å². The molecule has 4 rings (SSSR count).